The van der Waals surface area contributed by atoms with Crippen molar-refractivity contribution in [2.24, 2.45) is 10.8 Å². The number of hydrogen-bond donors (Lipinski definition) is 0. The first-order valence-electron chi connectivity index (χ1n) is 4.19. The fourth-order valence-corrected chi connectivity index (χ4v) is 1.12. The lowest BCUT2D eigenvalue weighted by molar-refractivity contribution is -0.0496. The van der Waals surface area contributed by atoms with Gasteiger partial charge in [-0.3, -0.25) is 0 Å². The molecular weight excluding hydrogens is 139 g/mol. The average Bonchev–Trinajstić information content (AvgIpc) is 1.58. The SMILES string of the molecule is CC(C)(C)C(C)(F)C(C)(C)C. The van der Waals surface area contributed by atoms with Crippen LogP contribution in [0, 0.1) is 10.8 Å². The summed E-state index contributed by atoms with van der Waals surface area (Å²) in [5.74, 6) is 0. The van der Waals surface area contributed by atoms with Gasteiger partial charge in [0.05, 0.1) is 0 Å². The lowest BCUT2D eigenvalue weighted by Gasteiger charge is -2.44. The second kappa shape index (κ2) is 2.46. The van der Waals surface area contributed by atoms with Crippen LogP contribution in [0.3, 0.4) is 0 Å². The van der Waals surface area contributed by atoms with Crippen LogP contribution in [0.4, 0.5) is 4.39 Å². The minimum Gasteiger partial charge on any atom is -0.243 e. The summed E-state index contributed by atoms with van der Waals surface area (Å²) in [7, 11) is 0. The Bertz CT molecular complexity index is 116. The van der Waals surface area contributed by atoms with Crippen molar-refractivity contribution in [1.29, 1.82) is 0 Å². The molecule has 0 saturated carbocycles. The summed E-state index contributed by atoms with van der Waals surface area (Å²) in [6.45, 7) is 13.3. The van der Waals surface area contributed by atoms with E-state index in [0.29, 0.717) is 0 Å². The molecule has 0 heterocycles. The zero-order chi connectivity index (χ0) is 9.50. The predicted molar refractivity (Wildman–Crippen MR) is 48.4 cm³/mol. The highest BCUT2D eigenvalue weighted by atomic mass is 19.1. The third kappa shape index (κ3) is 1.94. The van der Waals surface area contributed by atoms with Crippen LogP contribution in [-0.4, -0.2) is 5.67 Å². The summed E-state index contributed by atoms with van der Waals surface area (Å²) in [6, 6.07) is 0. The first kappa shape index (κ1) is 10.9. The summed E-state index contributed by atoms with van der Waals surface area (Å²) < 4.78 is 14.1. The third-order valence-corrected chi connectivity index (χ3v) is 2.82. The van der Waals surface area contributed by atoms with Gasteiger partial charge in [0, 0.05) is 0 Å². The van der Waals surface area contributed by atoms with Gasteiger partial charge in [-0.15, -0.1) is 0 Å². The van der Waals surface area contributed by atoms with Crippen LogP contribution in [-0.2, 0) is 0 Å². The molecule has 0 spiro atoms. The van der Waals surface area contributed by atoms with Crippen LogP contribution in [0.25, 0.3) is 0 Å². The molecule has 0 atom stereocenters. The van der Waals surface area contributed by atoms with E-state index in [1.165, 1.54) is 0 Å². The lowest BCUT2D eigenvalue weighted by Crippen LogP contribution is -2.46. The maximum atomic E-state index is 14.1. The van der Waals surface area contributed by atoms with E-state index in [-0.39, 0.29) is 10.8 Å². The van der Waals surface area contributed by atoms with Crippen LogP contribution in [0.15, 0.2) is 0 Å². The molecule has 11 heavy (non-hydrogen) atoms. The van der Waals surface area contributed by atoms with Crippen LogP contribution >= 0.6 is 0 Å². The molecule has 0 bridgehead atoms. The van der Waals surface area contributed by atoms with Crippen LogP contribution in [0.5, 0.6) is 0 Å². The highest BCUT2D eigenvalue weighted by Crippen LogP contribution is 2.46. The Morgan fingerprint density at radius 2 is 0.818 bits per heavy atom. The van der Waals surface area contributed by atoms with Gasteiger partial charge in [0.15, 0.2) is 0 Å². The van der Waals surface area contributed by atoms with Crippen LogP contribution < -0.4 is 0 Å². The molecule has 0 amide bonds. The Hall–Kier alpha value is -0.0700. The first-order valence-corrected chi connectivity index (χ1v) is 4.19. The Balaban J connectivity index is 4.75. The number of alkyl halides is 1. The van der Waals surface area contributed by atoms with E-state index in [9.17, 15) is 4.39 Å². The van der Waals surface area contributed by atoms with Crippen molar-refractivity contribution in [3.8, 4) is 0 Å². The van der Waals surface area contributed by atoms with Crippen molar-refractivity contribution in [3.63, 3.8) is 0 Å². The molecular formula is C10H21F. The molecule has 0 nitrogen and oxygen atoms in total. The molecule has 0 aliphatic rings. The quantitative estimate of drug-likeness (QED) is 0.505. The standard InChI is InChI=1S/C10H21F/c1-8(2,3)10(7,11)9(4,5)6/h1-7H3. The summed E-state index contributed by atoms with van der Waals surface area (Å²) in [5, 5.41) is 0. The molecule has 0 aliphatic heterocycles. The number of halogens is 1. The van der Waals surface area contributed by atoms with E-state index in [2.05, 4.69) is 0 Å². The Kier molecular flexibility index (Phi) is 2.45. The van der Waals surface area contributed by atoms with Gasteiger partial charge in [-0.1, -0.05) is 41.5 Å². The molecule has 0 aromatic heterocycles. The molecule has 0 aromatic carbocycles. The normalized spacial score (nSPS) is 15.3. The summed E-state index contributed by atoms with van der Waals surface area (Å²) in [4.78, 5) is 0. The molecule has 0 saturated heterocycles. The zero-order valence-electron chi connectivity index (χ0n) is 8.88. The highest BCUT2D eigenvalue weighted by Gasteiger charge is 2.47. The summed E-state index contributed by atoms with van der Waals surface area (Å²) in [5.41, 5.74) is -1.70. The molecule has 68 valence electrons. The predicted octanol–water partition coefficient (Wildman–Crippen LogP) is 3.81. The second-order valence-corrected chi connectivity index (χ2v) is 5.50. The van der Waals surface area contributed by atoms with Crippen molar-refractivity contribution >= 4 is 0 Å². The fraction of sp³-hybridized carbons (Fsp3) is 1.00. The van der Waals surface area contributed by atoms with Crippen LogP contribution in [0.2, 0.25) is 0 Å². The molecule has 0 aliphatic carbocycles. The maximum Gasteiger partial charge on any atom is 0.117 e. The van der Waals surface area contributed by atoms with Gasteiger partial charge in [0.25, 0.3) is 0 Å². The van der Waals surface area contributed by atoms with E-state index in [0.717, 1.165) is 0 Å². The summed E-state index contributed by atoms with van der Waals surface area (Å²) in [6.07, 6.45) is 0. The van der Waals surface area contributed by atoms with Gasteiger partial charge < -0.3 is 0 Å². The largest absolute Gasteiger partial charge is 0.243 e. The molecule has 1 heteroatoms. The van der Waals surface area contributed by atoms with Gasteiger partial charge in [0.2, 0.25) is 0 Å². The van der Waals surface area contributed by atoms with Crippen molar-refractivity contribution < 1.29 is 4.39 Å². The summed E-state index contributed by atoms with van der Waals surface area (Å²) >= 11 is 0. The molecule has 0 fully saturated rings. The van der Waals surface area contributed by atoms with E-state index >= 15 is 0 Å². The lowest BCUT2D eigenvalue weighted by atomic mass is 9.65. The zero-order valence-corrected chi connectivity index (χ0v) is 8.88. The number of rotatable bonds is 0. The molecule has 0 N–H and O–H groups in total. The van der Waals surface area contributed by atoms with Crippen molar-refractivity contribution in [3.05, 3.63) is 0 Å². The molecule has 0 rings (SSSR count). The van der Waals surface area contributed by atoms with Gasteiger partial charge in [0.1, 0.15) is 5.67 Å². The molecule has 0 unspecified atom stereocenters. The maximum absolute atomic E-state index is 14.1. The Labute approximate surface area is 70.2 Å². The Morgan fingerprint density at radius 3 is 0.818 bits per heavy atom. The van der Waals surface area contributed by atoms with Gasteiger partial charge >= 0.3 is 0 Å². The van der Waals surface area contributed by atoms with E-state index in [4.69, 9.17) is 0 Å². The van der Waals surface area contributed by atoms with Crippen molar-refractivity contribution in [2.45, 2.75) is 54.1 Å². The van der Waals surface area contributed by atoms with Gasteiger partial charge in [-0.2, -0.15) is 0 Å². The molecule has 0 radical (unpaired) electrons. The van der Waals surface area contributed by atoms with Crippen LogP contribution in [0.1, 0.15) is 48.5 Å². The van der Waals surface area contributed by atoms with Crippen molar-refractivity contribution in [2.75, 3.05) is 0 Å². The second-order valence-electron chi connectivity index (χ2n) is 5.50. The minimum atomic E-state index is -1.13. The van der Waals surface area contributed by atoms with Crippen molar-refractivity contribution in [1.82, 2.24) is 0 Å². The first-order chi connectivity index (χ1) is 4.50. The topological polar surface area (TPSA) is 0 Å². The Morgan fingerprint density at radius 1 is 0.636 bits per heavy atom. The van der Waals surface area contributed by atoms with E-state index in [1.54, 1.807) is 6.92 Å². The van der Waals surface area contributed by atoms with E-state index in [1.807, 2.05) is 41.5 Å². The monoisotopic (exact) mass is 160 g/mol. The highest BCUT2D eigenvalue weighted by molar-refractivity contribution is 4.95. The fourth-order valence-electron chi connectivity index (χ4n) is 1.12. The van der Waals surface area contributed by atoms with Gasteiger partial charge in [-0.05, 0) is 17.8 Å². The molecule has 0 aromatic rings. The van der Waals surface area contributed by atoms with Gasteiger partial charge in [-0.25, -0.2) is 4.39 Å². The number of hydrogen-bond acceptors (Lipinski definition) is 0. The smallest absolute Gasteiger partial charge is 0.117 e. The van der Waals surface area contributed by atoms with E-state index < -0.39 is 5.67 Å². The minimum absolute atomic E-state index is 0.286. The average molecular weight is 160 g/mol. The third-order valence-electron chi connectivity index (χ3n) is 2.82.